The van der Waals surface area contributed by atoms with Crippen molar-refractivity contribution in [3.8, 4) is 0 Å². The van der Waals surface area contributed by atoms with Crippen LogP contribution < -0.4 is 0 Å². The van der Waals surface area contributed by atoms with Crippen LogP contribution in [0.25, 0.3) is 0 Å². The molecule has 0 atom stereocenters. The van der Waals surface area contributed by atoms with E-state index in [9.17, 15) is 0 Å². The monoisotopic (exact) mass is 314 g/mol. The van der Waals surface area contributed by atoms with Crippen LogP contribution in [0, 0.1) is 10.8 Å². The molecule has 0 aromatic carbocycles. The highest BCUT2D eigenvalue weighted by Gasteiger charge is 2.25. The van der Waals surface area contributed by atoms with Crippen LogP contribution in [0.3, 0.4) is 0 Å². The third kappa shape index (κ3) is 13.6. The molecule has 0 amide bonds. The van der Waals surface area contributed by atoms with Crippen LogP contribution in [0.2, 0.25) is 0 Å². The summed E-state index contributed by atoms with van der Waals surface area (Å²) in [5, 5.41) is 0. The Labute approximate surface area is 142 Å². The summed E-state index contributed by atoms with van der Waals surface area (Å²) in [7, 11) is 9.53. The van der Waals surface area contributed by atoms with Crippen molar-refractivity contribution in [1.29, 1.82) is 0 Å². The van der Waals surface area contributed by atoms with Gasteiger partial charge in [-0.3, -0.25) is 0 Å². The zero-order valence-corrected chi connectivity index (χ0v) is 17.6. The first-order valence-corrected chi connectivity index (χ1v) is 9.26. The first kappa shape index (κ1) is 21.9. The van der Waals surface area contributed by atoms with Crippen LogP contribution in [0.15, 0.2) is 0 Å². The van der Waals surface area contributed by atoms with Gasteiger partial charge in [-0.15, -0.1) is 0 Å². The molecule has 0 N–H and O–H groups in total. The largest absolute Gasteiger partial charge is 0.328 e. The second-order valence-electron chi connectivity index (χ2n) is 11.2. The van der Waals surface area contributed by atoms with Crippen LogP contribution in [-0.2, 0) is 0 Å². The summed E-state index contributed by atoms with van der Waals surface area (Å²) in [6.45, 7) is 19.3. The first-order valence-electron chi connectivity index (χ1n) is 9.26. The summed E-state index contributed by atoms with van der Waals surface area (Å²) in [5.74, 6) is 0. The summed E-state index contributed by atoms with van der Waals surface area (Å²) >= 11 is 0. The number of rotatable bonds is 9. The van der Waals surface area contributed by atoms with Crippen LogP contribution >= 0.6 is 0 Å². The molecule has 0 aromatic rings. The lowest BCUT2D eigenvalue weighted by Crippen LogP contribution is -2.46. The zero-order chi connectivity index (χ0) is 17.7. The lowest BCUT2D eigenvalue weighted by atomic mass is 9.94. The second kappa shape index (κ2) is 8.15. The second-order valence-corrected chi connectivity index (χ2v) is 11.2. The van der Waals surface area contributed by atoms with Crippen molar-refractivity contribution in [2.45, 2.75) is 67.2 Å². The van der Waals surface area contributed by atoms with Crippen molar-refractivity contribution >= 4 is 0 Å². The number of quaternary nitrogens is 2. The predicted molar refractivity (Wildman–Crippen MR) is 101 cm³/mol. The maximum atomic E-state index is 2.38. The fourth-order valence-corrected chi connectivity index (χ4v) is 4.16. The van der Waals surface area contributed by atoms with Crippen LogP contribution in [0.1, 0.15) is 67.2 Å². The van der Waals surface area contributed by atoms with E-state index in [-0.39, 0.29) is 0 Å². The minimum Gasteiger partial charge on any atom is -0.328 e. The molecule has 0 saturated heterocycles. The molecule has 2 nitrogen and oxygen atoms in total. The summed E-state index contributed by atoms with van der Waals surface area (Å²) < 4.78 is 2.32. The molecule has 0 rings (SSSR count). The van der Waals surface area contributed by atoms with Gasteiger partial charge in [0.25, 0.3) is 0 Å². The van der Waals surface area contributed by atoms with Gasteiger partial charge >= 0.3 is 0 Å². The maximum absolute atomic E-state index is 2.38. The lowest BCUT2D eigenvalue weighted by Gasteiger charge is -2.36. The number of nitrogens with zero attached hydrogens (tertiary/aromatic N) is 2. The number of hydrogen-bond acceptors (Lipinski definition) is 0. The molecule has 0 fully saturated rings. The van der Waals surface area contributed by atoms with E-state index < -0.39 is 0 Å². The van der Waals surface area contributed by atoms with Gasteiger partial charge < -0.3 is 8.97 Å². The normalized spacial score (nSPS) is 14.5. The summed E-state index contributed by atoms with van der Waals surface area (Å²) in [4.78, 5) is 0. The molecule has 0 radical (unpaired) electrons. The third-order valence-corrected chi connectivity index (χ3v) is 4.08. The average Bonchev–Trinajstić information content (AvgIpc) is 2.15. The highest BCUT2D eigenvalue weighted by molar-refractivity contribution is 4.60. The molecule has 134 valence electrons. The summed E-state index contributed by atoms with van der Waals surface area (Å²) in [5.41, 5.74) is 0.857. The molecule has 2 heteroatoms. The number of hydrogen-bond donors (Lipinski definition) is 0. The topological polar surface area (TPSA) is 0 Å². The van der Waals surface area contributed by atoms with E-state index in [1.807, 2.05) is 0 Å². The highest BCUT2D eigenvalue weighted by atomic mass is 15.3. The van der Waals surface area contributed by atoms with Gasteiger partial charge in [-0.25, -0.2) is 0 Å². The average molecular weight is 315 g/mol. The van der Waals surface area contributed by atoms with Crippen LogP contribution in [0.4, 0.5) is 0 Å². The van der Waals surface area contributed by atoms with E-state index in [0.29, 0.717) is 10.8 Å². The Morgan fingerprint density at radius 1 is 0.500 bits per heavy atom. The SMILES string of the molecule is CC(C)(C)C[N+](C)(C)CCCCCC[N+](C)(C)CC(C)(C)C. The molecule has 0 saturated carbocycles. The maximum Gasteiger partial charge on any atom is 0.0831 e. The van der Waals surface area contributed by atoms with E-state index in [1.165, 1.54) is 51.9 Å². The predicted octanol–water partition coefficient (Wildman–Crippen LogP) is 4.79. The fourth-order valence-electron chi connectivity index (χ4n) is 4.16. The van der Waals surface area contributed by atoms with Crippen molar-refractivity contribution in [2.24, 2.45) is 10.8 Å². The van der Waals surface area contributed by atoms with E-state index in [4.69, 9.17) is 0 Å². The van der Waals surface area contributed by atoms with Gasteiger partial charge in [0.2, 0.25) is 0 Å². The van der Waals surface area contributed by atoms with Crippen molar-refractivity contribution in [3.63, 3.8) is 0 Å². The Morgan fingerprint density at radius 2 is 0.773 bits per heavy atom. The zero-order valence-electron chi connectivity index (χ0n) is 17.6. The Hall–Kier alpha value is -0.0800. The summed E-state index contributed by atoms with van der Waals surface area (Å²) in [6.07, 6.45) is 5.52. The van der Waals surface area contributed by atoms with Crippen molar-refractivity contribution in [1.82, 2.24) is 0 Å². The molecule has 22 heavy (non-hydrogen) atoms. The van der Waals surface area contributed by atoms with Crippen LogP contribution in [0.5, 0.6) is 0 Å². The van der Waals surface area contributed by atoms with Gasteiger partial charge in [-0.2, -0.15) is 0 Å². The summed E-state index contributed by atoms with van der Waals surface area (Å²) in [6, 6.07) is 0. The Morgan fingerprint density at radius 3 is 1.00 bits per heavy atom. The Bertz CT molecular complexity index is 271. The van der Waals surface area contributed by atoms with Crippen LogP contribution in [-0.4, -0.2) is 63.3 Å². The molecule has 0 bridgehead atoms. The molecular weight excluding hydrogens is 268 g/mol. The Kier molecular flexibility index (Phi) is 8.12. The van der Waals surface area contributed by atoms with Gasteiger partial charge in [0.05, 0.1) is 54.4 Å². The standard InChI is InChI=1S/C20H46N2/c1-19(2,3)17-21(7,8)15-13-11-12-14-16-22(9,10)18-20(4,5)6/h11-18H2,1-10H3/q+2. The molecule has 0 aliphatic rings. The van der Waals surface area contributed by atoms with E-state index in [2.05, 4.69) is 69.7 Å². The van der Waals surface area contributed by atoms with Gasteiger partial charge in [0.15, 0.2) is 0 Å². The smallest absolute Gasteiger partial charge is 0.0831 e. The Balaban J connectivity index is 3.86. The molecule has 0 aliphatic carbocycles. The quantitative estimate of drug-likeness (QED) is 0.424. The molecule has 0 spiro atoms. The minimum atomic E-state index is 0.429. The molecule has 0 aromatic heterocycles. The highest BCUT2D eigenvalue weighted by Crippen LogP contribution is 2.20. The minimum absolute atomic E-state index is 0.429. The van der Waals surface area contributed by atoms with Crippen molar-refractivity contribution in [2.75, 3.05) is 54.4 Å². The van der Waals surface area contributed by atoms with Crippen molar-refractivity contribution in [3.05, 3.63) is 0 Å². The third-order valence-electron chi connectivity index (χ3n) is 4.08. The molecular formula is C20H46N2+2. The van der Waals surface area contributed by atoms with E-state index in [0.717, 1.165) is 8.97 Å². The first-order chi connectivity index (χ1) is 9.62. The van der Waals surface area contributed by atoms with Gasteiger partial charge in [-0.1, -0.05) is 41.5 Å². The molecule has 0 aliphatic heterocycles. The lowest BCUT2D eigenvalue weighted by molar-refractivity contribution is -0.897. The van der Waals surface area contributed by atoms with E-state index in [1.54, 1.807) is 0 Å². The molecule has 0 unspecified atom stereocenters. The number of unbranched alkanes of at least 4 members (excludes halogenated alkanes) is 3. The van der Waals surface area contributed by atoms with Crippen molar-refractivity contribution < 1.29 is 8.97 Å². The fraction of sp³-hybridized carbons (Fsp3) is 1.00. The van der Waals surface area contributed by atoms with Gasteiger partial charge in [0, 0.05) is 10.8 Å². The van der Waals surface area contributed by atoms with Gasteiger partial charge in [-0.05, 0) is 25.7 Å². The molecule has 0 heterocycles. The van der Waals surface area contributed by atoms with E-state index >= 15 is 0 Å². The van der Waals surface area contributed by atoms with Gasteiger partial charge in [0.1, 0.15) is 0 Å².